The van der Waals surface area contributed by atoms with Crippen LogP contribution in [0.25, 0.3) is 0 Å². The molecule has 14 heavy (non-hydrogen) atoms. The van der Waals surface area contributed by atoms with Crippen LogP contribution < -0.4 is 11.1 Å². The normalized spacial score (nSPS) is 32.6. The van der Waals surface area contributed by atoms with Gasteiger partial charge in [0, 0.05) is 18.5 Å². The van der Waals surface area contributed by atoms with Gasteiger partial charge in [0.1, 0.15) is 0 Å². The molecule has 0 aromatic heterocycles. The molecule has 0 aromatic rings. The van der Waals surface area contributed by atoms with Crippen LogP contribution in [0, 0.1) is 11.8 Å². The first kappa shape index (κ1) is 9.97. The van der Waals surface area contributed by atoms with E-state index in [1.807, 2.05) is 0 Å². The molecule has 1 amide bonds. The van der Waals surface area contributed by atoms with E-state index in [9.17, 15) is 4.79 Å². The molecule has 2 fully saturated rings. The fraction of sp³-hybridized carbons (Fsp3) is 0.909. The second kappa shape index (κ2) is 4.30. The largest absolute Gasteiger partial charge is 0.356 e. The van der Waals surface area contributed by atoms with Gasteiger partial charge in [-0.15, -0.1) is 0 Å². The smallest absolute Gasteiger partial charge is 0.223 e. The minimum absolute atomic E-state index is 0.281. The third-order valence-corrected chi connectivity index (χ3v) is 3.56. The van der Waals surface area contributed by atoms with Crippen molar-refractivity contribution in [1.29, 1.82) is 0 Å². The molecule has 3 heteroatoms. The Morgan fingerprint density at radius 1 is 1.29 bits per heavy atom. The van der Waals surface area contributed by atoms with E-state index in [0.29, 0.717) is 17.9 Å². The van der Waals surface area contributed by atoms with E-state index < -0.39 is 0 Å². The number of amides is 1. The van der Waals surface area contributed by atoms with Crippen molar-refractivity contribution >= 4 is 5.91 Å². The summed E-state index contributed by atoms with van der Waals surface area (Å²) in [5, 5.41) is 3.05. The summed E-state index contributed by atoms with van der Waals surface area (Å²) in [6.45, 7) is 0.850. The van der Waals surface area contributed by atoms with E-state index >= 15 is 0 Å². The van der Waals surface area contributed by atoms with Gasteiger partial charge in [-0.3, -0.25) is 4.79 Å². The third-order valence-electron chi connectivity index (χ3n) is 3.56. The fourth-order valence-corrected chi connectivity index (χ4v) is 2.53. The highest BCUT2D eigenvalue weighted by Gasteiger charge is 2.28. The Hall–Kier alpha value is -0.570. The lowest BCUT2D eigenvalue weighted by atomic mass is 9.81. The second-order valence-corrected chi connectivity index (χ2v) is 4.82. The van der Waals surface area contributed by atoms with E-state index in [1.54, 1.807) is 0 Å². The van der Waals surface area contributed by atoms with Crippen LogP contribution in [0.2, 0.25) is 0 Å². The molecule has 0 bridgehead atoms. The Kier molecular flexibility index (Phi) is 3.06. The number of nitrogens with one attached hydrogen (secondary N) is 1. The predicted octanol–water partition coefficient (Wildman–Crippen LogP) is 1.03. The van der Waals surface area contributed by atoms with Crippen LogP contribution in [0.15, 0.2) is 0 Å². The van der Waals surface area contributed by atoms with Gasteiger partial charge in [0.2, 0.25) is 5.91 Å². The SMILES string of the molecule is NC1CC(CNC(=O)C2CCCC2)C1. The van der Waals surface area contributed by atoms with Gasteiger partial charge in [0.25, 0.3) is 0 Å². The van der Waals surface area contributed by atoms with Crippen LogP contribution in [0.4, 0.5) is 0 Å². The monoisotopic (exact) mass is 196 g/mol. The van der Waals surface area contributed by atoms with Gasteiger partial charge in [-0.1, -0.05) is 12.8 Å². The van der Waals surface area contributed by atoms with Crippen LogP contribution in [0.3, 0.4) is 0 Å². The van der Waals surface area contributed by atoms with Crippen molar-refractivity contribution in [1.82, 2.24) is 5.32 Å². The topological polar surface area (TPSA) is 55.1 Å². The van der Waals surface area contributed by atoms with Crippen LogP contribution >= 0.6 is 0 Å². The van der Waals surface area contributed by atoms with E-state index in [2.05, 4.69) is 5.32 Å². The van der Waals surface area contributed by atoms with Crippen molar-refractivity contribution < 1.29 is 4.79 Å². The minimum Gasteiger partial charge on any atom is -0.356 e. The molecule has 3 N–H and O–H groups in total. The number of hydrogen-bond donors (Lipinski definition) is 2. The summed E-state index contributed by atoms with van der Waals surface area (Å²) in [5.41, 5.74) is 5.68. The summed E-state index contributed by atoms with van der Waals surface area (Å²) in [4.78, 5) is 11.6. The quantitative estimate of drug-likeness (QED) is 0.708. The molecule has 0 heterocycles. The number of carbonyl (C=O) groups is 1. The predicted molar refractivity (Wildman–Crippen MR) is 55.7 cm³/mol. The molecule has 0 atom stereocenters. The highest BCUT2D eigenvalue weighted by atomic mass is 16.1. The van der Waals surface area contributed by atoms with Crippen molar-refractivity contribution in [3.63, 3.8) is 0 Å². The van der Waals surface area contributed by atoms with Gasteiger partial charge >= 0.3 is 0 Å². The first-order valence-corrected chi connectivity index (χ1v) is 5.79. The fourth-order valence-electron chi connectivity index (χ4n) is 2.53. The molecule has 0 aromatic carbocycles. The highest BCUT2D eigenvalue weighted by molar-refractivity contribution is 5.78. The molecule has 0 radical (unpaired) electrons. The first-order chi connectivity index (χ1) is 6.75. The average Bonchev–Trinajstić information content (AvgIpc) is 2.62. The van der Waals surface area contributed by atoms with Gasteiger partial charge in [0.05, 0.1) is 0 Å². The summed E-state index contributed by atoms with van der Waals surface area (Å²) in [6, 6.07) is 0.392. The lowest BCUT2D eigenvalue weighted by Crippen LogP contribution is -2.43. The molecule has 0 aliphatic heterocycles. The first-order valence-electron chi connectivity index (χ1n) is 5.79. The maximum Gasteiger partial charge on any atom is 0.223 e. The van der Waals surface area contributed by atoms with Crippen molar-refractivity contribution in [3.8, 4) is 0 Å². The molecule has 0 saturated heterocycles. The molecule has 2 aliphatic carbocycles. The van der Waals surface area contributed by atoms with Gasteiger partial charge in [-0.25, -0.2) is 0 Å². The summed E-state index contributed by atoms with van der Waals surface area (Å²) >= 11 is 0. The Morgan fingerprint density at radius 3 is 2.50 bits per heavy atom. The molecule has 2 rings (SSSR count). The van der Waals surface area contributed by atoms with Crippen molar-refractivity contribution in [2.24, 2.45) is 17.6 Å². The summed E-state index contributed by atoms with van der Waals surface area (Å²) in [7, 11) is 0. The van der Waals surface area contributed by atoms with Gasteiger partial charge in [0.15, 0.2) is 0 Å². The van der Waals surface area contributed by atoms with Gasteiger partial charge in [-0.05, 0) is 31.6 Å². The zero-order valence-electron chi connectivity index (χ0n) is 8.67. The number of rotatable bonds is 3. The van der Waals surface area contributed by atoms with E-state index in [0.717, 1.165) is 32.2 Å². The van der Waals surface area contributed by atoms with E-state index in [4.69, 9.17) is 5.73 Å². The zero-order chi connectivity index (χ0) is 9.97. The summed E-state index contributed by atoms with van der Waals surface area (Å²) in [6.07, 6.45) is 6.82. The molecule has 3 nitrogen and oxygen atoms in total. The Bertz CT molecular complexity index is 205. The van der Waals surface area contributed by atoms with Crippen LogP contribution in [0.5, 0.6) is 0 Å². The second-order valence-electron chi connectivity index (χ2n) is 4.82. The number of carbonyl (C=O) groups excluding carboxylic acids is 1. The van der Waals surface area contributed by atoms with E-state index in [-0.39, 0.29) is 5.91 Å². The lowest BCUT2D eigenvalue weighted by molar-refractivity contribution is -0.125. The maximum absolute atomic E-state index is 11.6. The molecule has 0 spiro atoms. The summed E-state index contributed by atoms with van der Waals surface area (Å²) in [5.74, 6) is 1.24. The molecular formula is C11H20N2O. The third kappa shape index (κ3) is 2.27. The minimum atomic E-state index is 0.281. The van der Waals surface area contributed by atoms with Gasteiger partial charge in [-0.2, -0.15) is 0 Å². The molecule has 2 aliphatic rings. The average molecular weight is 196 g/mol. The molecule has 2 saturated carbocycles. The summed E-state index contributed by atoms with van der Waals surface area (Å²) < 4.78 is 0. The maximum atomic E-state index is 11.6. The van der Waals surface area contributed by atoms with Crippen molar-refractivity contribution in [2.45, 2.75) is 44.6 Å². The Balaban J connectivity index is 1.62. The lowest BCUT2D eigenvalue weighted by Gasteiger charge is -2.32. The molecule has 80 valence electrons. The van der Waals surface area contributed by atoms with Crippen molar-refractivity contribution in [3.05, 3.63) is 0 Å². The number of nitrogens with two attached hydrogens (primary N) is 1. The molecule has 0 unspecified atom stereocenters. The van der Waals surface area contributed by atoms with Gasteiger partial charge < -0.3 is 11.1 Å². The van der Waals surface area contributed by atoms with Crippen LogP contribution in [-0.4, -0.2) is 18.5 Å². The Labute approximate surface area is 85.4 Å². The zero-order valence-corrected chi connectivity index (χ0v) is 8.67. The Morgan fingerprint density at radius 2 is 1.93 bits per heavy atom. The standard InChI is InChI=1S/C11H20N2O/c12-10-5-8(6-10)7-13-11(14)9-3-1-2-4-9/h8-10H,1-7,12H2,(H,13,14). The highest BCUT2D eigenvalue weighted by Crippen LogP contribution is 2.26. The number of hydrogen-bond acceptors (Lipinski definition) is 2. The van der Waals surface area contributed by atoms with Crippen LogP contribution in [0.1, 0.15) is 38.5 Å². The van der Waals surface area contributed by atoms with E-state index in [1.165, 1.54) is 12.8 Å². The van der Waals surface area contributed by atoms with Crippen LogP contribution in [-0.2, 0) is 4.79 Å². The van der Waals surface area contributed by atoms with Crippen molar-refractivity contribution in [2.75, 3.05) is 6.54 Å². The molecular weight excluding hydrogens is 176 g/mol.